The number of rotatable bonds is 1. The van der Waals surface area contributed by atoms with Crippen molar-refractivity contribution < 1.29 is 9.13 Å². The molecule has 2 nitrogen and oxygen atoms in total. The van der Waals surface area contributed by atoms with Gasteiger partial charge in [0.2, 0.25) is 0 Å². The second kappa shape index (κ2) is 5.38. The Morgan fingerprint density at radius 3 is 2.50 bits per heavy atom. The van der Waals surface area contributed by atoms with Gasteiger partial charge in [0.25, 0.3) is 0 Å². The molecule has 0 unspecified atom stereocenters. The van der Waals surface area contributed by atoms with Gasteiger partial charge in [-0.2, -0.15) is 5.26 Å². The lowest BCUT2D eigenvalue weighted by atomic mass is 10.1. The third kappa shape index (κ3) is 2.09. The first-order valence-electron chi connectivity index (χ1n) is 4.15. The third-order valence-corrected chi connectivity index (χ3v) is 3.21. The van der Waals surface area contributed by atoms with Crippen molar-refractivity contribution in [2.45, 2.75) is 6.92 Å². The molecule has 0 N–H and O–H groups in total. The van der Waals surface area contributed by atoms with Gasteiger partial charge in [0.1, 0.15) is 11.6 Å². The van der Waals surface area contributed by atoms with Gasteiger partial charge in [-0.05, 0) is 29.5 Å². The molecule has 0 spiro atoms. The molecule has 1 aromatic rings. The number of methoxy groups -OCH3 is 1. The summed E-state index contributed by atoms with van der Waals surface area (Å²) in [7, 11) is 1.39. The maximum atomic E-state index is 13.7. The fraction of sp³-hybridized carbons (Fsp3) is 0.182. The van der Waals surface area contributed by atoms with E-state index in [1.807, 2.05) is 6.07 Å². The summed E-state index contributed by atoms with van der Waals surface area (Å²) in [5.74, 6) is 4.82. The summed E-state index contributed by atoms with van der Waals surface area (Å²) in [6.07, 6.45) is 0. The lowest BCUT2D eigenvalue weighted by Crippen LogP contribution is -2.00. The van der Waals surface area contributed by atoms with Gasteiger partial charge in [-0.3, -0.25) is 0 Å². The van der Waals surface area contributed by atoms with Crippen molar-refractivity contribution in [2.24, 2.45) is 0 Å². The van der Waals surface area contributed by atoms with E-state index in [-0.39, 0.29) is 25.5 Å². The van der Waals surface area contributed by atoms with Crippen molar-refractivity contribution in [2.75, 3.05) is 7.11 Å². The average Bonchev–Trinajstić information content (AvgIpc) is 2.29. The van der Waals surface area contributed by atoms with Crippen molar-refractivity contribution in [1.82, 2.24) is 0 Å². The second-order valence-corrected chi connectivity index (χ2v) is 4.17. The molecule has 0 fully saturated rings. The molecule has 0 aliphatic carbocycles. The summed E-state index contributed by atoms with van der Waals surface area (Å²) in [6.45, 7) is 1.59. The smallest absolute Gasteiger partial charge is 0.157 e. The lowest BCUT2D eigenvalue weighted by molar-refractivity contribution is 0.410. The van der Waals surface area contributed by atoms with E-state index in [4.69, 9.17) is 21.6 Å². The first kappa shape index (κ1) is 13.1. The molecule has 5 heteroatoms. The standard InChI is InChI=1S/C11H6ClFINO/c1-3-4-6-8(12)9(13)10(14)7(5-15)11(6)16-2/h1-2H3. The number of nitrogens with zero attached hydrogens (tertiary/aromatic N) is 1. The Labute approximate surface area is 111 Å². The monoisotopic (exact) mass is 349 g/mol. The van der Waals surface area contributed by atoms with Crippen LogP contribution in [0.4, 0.5) is 4.39 Å². The van der Waals surface area contributed by atoms with Gasteiger partial charge < -0.3 is 4.74 Å². The molecule has 0 atom stereocenters. The van der Waals surface area contributed by atoms with Crippen LogP contribution in [-0.2, 0) is 0 Å². The summed E-state index contributed by atoms with van der Waals surface area (Å²) in [5, 5.41) is 8.83. The van der Waals surface area contributed by atoms with Gasteiger partial charge in [0, 0.05) is 0 Å². The van der Waals surface area contributed by atoms with E-state index in [0.717, 1.165) is 0 Å². The summed E-state index contributed by atoms with van der Waals surface area (Å²) < 4.78 is 18.9. The number of nitriles is 1. The van der Waals surface area contributed by atoms with Gasteiger partial charge in [-0.1, -0.05) is 17.5 Å². The molecule has 82 valence electrons. The third-order valence-electron chi connectivity index (χ3n) is 1.84. The topological polar surface area (TPSA) is 33.0 Å². The number of benzene rings is 1. The Kier molecular flexibility index (Phi) is 4.40. The van der Waals surface area contributed by atoms with Crippen LogP contribution < -0.4 is 4.74 Å². The SMILES string of the molecule is CC#Cc1c(Cl)c(F)c(I)c(C#N)c1OC. The summed E-state index contributed by atoms with van der Waals surface area (Å²) >= 11 is 7.53. The first-order chi connectivity index (χ1) is 7.58. The fourth-order valence-electron chi connectivity index (χ4n) is 1.18. The first-order valence-corrected chi connectivity index (χ1v) is 5.61. The Morgan fingerprint density at radius 1 is 1.44 bits per heavy atom. The lowest BCUT2D eigenvalue weighted by Gasteiger charge is -2.10. The largest absolute Gasteiger partial charge is 0.494 e. The van der Waals surface area contributed by atoms with Crippen molar-refractivity contribution in [3.63, 3.8) is 0 Å². The minimum atomic E-state index is -0.641. The van der Waals surface area contributed by atoms with Crippen LogP contribution in [0, 0.1) is 32.6 Å². The van der Waals surface area contributed by atoms with Crippen LogP contribution in [0.3, 0.4) is 0 Å². The summed E-state index contributed by atoms with van der Waals surface area (Å²) in [4.78, 5) is 0. The minimum Gasteiger partial charge on any atom is -0.494 e. The minimum absolute atomic E-state index is 0.114. The van der Waals surface area contributed by atoms with E-state index in [1.165, 1.54) is 7.11 Å². The molecule has 0 saturated carbocycles. The molecule has 0 amide bonds. The molecule has 0 aliphatic heterocycles. The van der Waals surface area contributed by atoms with Crippen LogP contribution in [0.2, 0.25) is 5.02 Å². The van der Waals surface area contributed by atoms with Crippen LogP contribution >= 0.6 is 34.2 Å². The van der Waals surface area contributed by atoms with E-state index >= 15 is 0 Å². The maximum absolute atomic E-state index is 13.7. The summed E-state index contributed by atoms with van der Waals surface area (Å²) in [5.41, 5.74) is 0.323. The summed E-state index contributed by atoms with van der Waals surface area (Å²) in [6, 6.07) is 1.88. The van der Waals surface area contributed by atoms with Crippen LogP contribution in [-0.4, -0.2) is 7.11 Å². The van der Waals surface area contributed by atoms with Crippen molar-refractivity contribution in [3.8, 4) is 23.7 Å². The normalized spacial score (nSPS) is 9.00. The molecule has 1 aromatic carbocycles. The van der Waals surface area contributed by atoms with Gasteiger partial charge in [-0.15, -0.1) is 5.92 Å². The molecule has 0 bridgehead atoms. The van der Waals surface area contributed by atoms with E-state index in [1.54, 1.807) is 29.5 Å². The van der Waals surface area contributed by atoms with Gasteiger partial charge >= 0.3 is 0 Å². The number of halogens is 3. The average molecular weight is 350 g/mol. The molecule has 1 rings (SSSR count). The molecule has 0 aromatic heterocycles. The molecule has 16 heavy (non-hydrogen) atoms. The predicted octanol–water partition coefficient (Wildman–Crippen LogP) is 3.34. The highest BCUT2D eigenvalue weighted by Gasteiger charge is 2.21. The Hall–Kier alpha value is -0.980. The highest BCUT2D eigenvalue weighted by atomic mass is 127. The van der Waals surface area contributed by atoms with E-state index in [9.17, 15) is 4.39 Å². The molecule has 0 radical (unpaired) electrons. The maximum Gasteiger partial charge on any atom is 0.157 e. The van der Waals surface area contributed by atoms with E-state index in [0.29, 0.717) is 0 Å². The van der Waals surface area contributed by atoms with Crippen LogP contribution in [0.1, 0.15) is 18.1 Å². The zero-order chi connectivity index (χ0) is 12.3. The molecule has 0 saturated heterocycles. The predicted molar refractivity (Wildman–Crippen MR) is 67.9 cm³/mol. The molecular weight excluding hydrogens is 343 g/mol. The van der Waals surface area contributed by atoms with Crippen molar-refractivity contribution in [1.29, 1.82) is 5.26 Å². The van der Waals surface area contributed by atoms with E-state index < -0.39 is 5.82 Å². The van der Waals surface area contributed by atoms with Gasteiger partial charge in [0.05, 0.1) is 21.3 Å². The van der Waals surface area contributed by atoms with Crippen molar-refractivity contribution >= 4 is 34.2 Å². The highest BCUT2D eigenvalue weighted by molar-refractivity contribution is 14.1. The highest BCUT2D eigenvalue weighted by Crippen LogP contribution is 2.36. The Bertz CT molecular complexity index is 540. The van der Waals surface area contributed by atoms with Crippen LogP contribution in [0.25, 0.3) is 0 Å². The van der Waals surface area contributed by atoms with E-state index in [2.05, 4.69) is 11.8 Å². The quantitative estimate of drug-likeness (QED) is 0.443. The molecular formula is C11H6ClFINO. The Morgan fingerprint density at radius 2 is 2.06 bits per heavy atom. The second-order valence-electron chi connectivity index (χ2n) is 2.71. The Balaban J connectivity index is 3.78. The zero-order valence-electron chi connectivity index (χ0n) is 8.49. The number of hydrogen-bond acceptors (Lipinski definition) is 2. The molecule has 0 aliphatic rings. The fourth-order valence-corrected chi connectivity index (χ4v) is 2.20. The van der Waals surface area contributed by atoms with Crippen LogP contribution in [0.5, 0.6) is 5.75 Å². The number of hydrogen-bond donors (Lipinski definition) is 0. The zero-order valence-corrected chi connectivity index (χ0v) is 11.4. The van der Waals surface area contributed by atoms with Crippen LogP contribution in [0.15, 0.2) is 0 Å². The molecule has 0 heterocycles. The van der Waals surface area contributed by atoms with Gasteiger partial charge in [-0.25, -0.2) is 4.39 Å². The van der Waals surface area contributed by atoms with Gasteiger partial charge in [0.15, 0.2) is 11.6 Å². The van der Waals surface area contributed by atoms with Crippen molar-refractivity contribution in [3.05, 3.63) is 25.5 Å². The number of ether oxygens (including phenoxy) is 1.